The Hall–Kier alpha value is -3.24. The minimum atomic E-state index is -0.281. The summed E-state index contributed by atoms with van der Waals surface area (Å²) in [6.07, 6.45) is 1.13. The first-order chi connectivity index (χ1) is 14.0. The number of carbonyl (C=O) groups is 1. The number of ether oxygens (including phenoxy) is 2. The number of aliphatic hydroxyl groups excluding tert-OH is 1. The average molecular weight is 409 g/mol. The Bertz CT molecular complexity index is 998. The van der Waals surface area contributed by atoms with Crippen LogP contribution in [0.1, 0.15) is 23.6 Å². The molecule has 29 heavy (non-hydrogen) atoms. The van der Waals surface area contributed by atoms with E-state index in [1.807, 2.05) is 60.7 Å². The minimum absolute atomic E-state index is 0.211. The molecule has 3 aromatic rings. The van der Waals surface area contributed by atoms with Crippen LogP contribution in [-0.4, -0.2) is 10.9 Å². The van der Waals surface area contributed by atoms with Crippen molar-refractivity contribution >= 4 is 23.1 Å². The number of hydrogen-bond donors (Lipinski definition) is 1. The first kappa shape index (κ1) is 20.5. The topological polar surface area (TPSA) is 55.8 Å². The van der Waals surface area contributed by atoms with Crippen molar-refractivity contribution in [3.63, 3.8) is 0 Å². The van der Waals surface area contributed by atoms with Crippen molar-refractivity contribution in [3.05, 3.63) is 101 Å². The molecule has 0 aliphatic rings. The van der Waals surface area contributed by atoms with Crippen molar-refractivity contribution in [1.29, 1.82) is 0 Å². The molecule has 0 aliphatic heterocycles. The molecule has 4 nitrogen and oxygen atoms in total. The summed E-state index contributed by atoms with van der Waals surface area (Å²) in [6, 6.07) is 22.5. The zero-order valence-corrected chi connectivity index (χ0v) is 16.7. The molecule has 1 N–H and O–H groups in total. The number of hydrogen-bond acceptors (Lipinski definition) is 4. The van der Waals surface area contributed by atoms with Gasteiger partial charge >= 0.3 is 0 Å². The summed E-state index contributed by atoms with van der Waals surface area (Å²) in [5, 5.41) is 10.7. The Kier molecular flexibility index (Phi) is 6.93. The highest BCUT2D eigenvalue weighted by Gasteiger charge is 2.15. The molecule has 0 radical (unpaired) electrons. The summed E-state index contributed by atoms with van der Waals surface area (Å²) < 4.78 is 11.8. The van der Waals surface area contributed by atoms with Crippen molar-refractivity contribution in [2.75, 3.05) is 0 Å². The SMILES string of the molecule is CC(=O)C=C(O)c1cc(Cl)c(OCc2ccccc2)cc1OCc1ccccc1. The lowest BCUT2D eigenvalue weighted by atomic mass is 10.1. The lowest BCUT2D eigenvalue weighted by Crippen LogP contribution is -2.02. The number of ketones is 1. The third-order valence-electron chi connectivity index (χ3n) is 4.12. The highest BCUT2D eigenvalue weighted by atomic mass is 35.5. The Morgan fingerprint density at radius 3 is 1.93 bits per heavy atom. The predicted octanol–water partition coefficient (Wildman–Crippen LogP) is 5.99. The van der Waals surface area contributed by atoms with E-state index in [1.165, 1.54) is 13.0 Å². The van der Waals surface area contributed by atoms with E-state index in [-0.39, 0.29) is 11.5 Å². The first-order valence-electron chi connectivity index (χ1n) is 9.11. The second-order valence-electron chi connectivity index (χ2n) is 6.47. The molecule has 5 heteroatoms. The zero-order valence-electron chi connectivity index (χ0n) is 16.0. The molecule has 0 spiro atoms. The zero-order chi connectivity index (χ0) is 20.6. The number of carbonyl (C=O) groups excluding carboxylic acids is 1. The van der Waals surface area contributed by atoms with Crippen LogP contribution in [0.15, 0.2) is 78.9 Å². The van der Waals surface area contributed by atoms with Crippen LogP contribution in [0.25, 0.3) is 5.76 Å². The fourth-order valence-electron chi connectivity index (χ4n) is 2.71. The second kappa shape index (κ2) is 9.80. The van der Waals surface area contributed by atoms with Crippen LogP contribution >= 0.6 is 11.6 Å². The molecular formula is C24H21ClO4. The van der Waals surface area contributed by atoms with Gasteiger partial charge in [0.15, 0.2) is 5.78 Å². The van der Waals surface area contributed by atoms with Crippen molar-refractivity contribution in [2.45, 2.75) is 20.1 Å². The predicted molar refractivity (Wildman–Crippen MR) is 114 cm³/mol. The summed E-state index contributed by atoms with van der Waals surface area (Å²) in [7, 11) is 0. The van der Waals surface area contributed by atoms with Gasteiger partial charge < -0.3 is 14.6 Å². The van der Waals surface area contributed by atoms with Gasteiger partial charge in [0.2, 0.25) is 0 Å². The summed E-state index contributed by atoms with van der Waals surface area (Å²) in [5.74, 6) is 0.309. The normalized spacial score (nSPS) is 11.2. The quantitative estimate of drug-likeness (QED) is 0.367. The molecule has 0 unspecified atom stereocenters. The maximum atomic E-state index is 11.4. The standard InChI is InChI=1S/C24H21ClO4/c1-17(26)12-22(27)20-13-21(25)24(29-16-19-10-6-3-7-11-19)14-23(20)28-15-18-8-4-2-5-9-18/h2-14,27H,15-16H2,1H3. The third-order valence-corrected chi connectivity index (χ3v) is 4.42. The summed E-state index contributed by atoms with van der Waals surface area (Å²) in [4.78, 5) is 11.4. The second-order valence-corrected chi connectivity index (χ2v) is 6.87. The van der Waals surface area contributed by atoms with Gasteiger partial charge in [-0.1, -0.05) is 72.3 Å². The van der Waals surface area contributed by atoms with E-state index in [0.29, 0.717) is 35.3 Å². The third kappa shape index (κ3) is 5.87. The highest BCUT2D eigenvalue weighted by molar-refractivity contribution is 6.32. The van der Waals surface area contributed by atoms with Gasteiger partial charge in [0, 0.05) is 12.1 Å². The lowest BCUT2D eigenvalue weighted by molar-refractivity contribution is -0.112. The van der Waals surface area contributed by atoms with Crippen LogP contribution in [0.3, 0.4) is 0 Å². The summed E-state index contributed by atoms with van der Waals surface area (Å²) in [6.45, 7) is 1.99. The van der Waals surface area contributed by atoms with Crippen LogP contribution in [0.4, 0.5) is 0 Å². The Labute approximate surface area is 175 Å². The maximum Gasteiger partial charge on any atom is 0.156 e. The Balaban J connectivity index is 1.88. The van der Waals surface area contributed by atoms with Gasteiger partial charge in [0.25, 0.3) is 0 Å². The molecule has 3 aromatic carbocycles. The van der Waals surface area contributed by atoms with Gasteiger partial charge in [-0.2, -0.15) is 0 Å². The molecule has 0 heterocycles. The highest BCUT2D eigenvalue weighted by Crippen LogP contribution is 2.36. The molecule has 3 rings (SSSR count). The van der Waals surface area contributed by atoms with E-state index in [9.17, 15) is 9.90 Å². The van der Waals surface area contributed by atoms with Crippen LogP contribution < -0.4 is 9.47 Å². The van der Waals surface area contributed by atoms with Crippen LogP contribution in [0, 0.1) is 0 Å². The van der Waals surface area contributed by atoms with Crippen molar-refractivity contribution in [2.24, 2.45) is 0 Å². The van der Waals surface area contributed by atoms with Gasteiger partial charge in [-0.05, 0) is 24.1 Å². The number of allylic oxidation sites excluding steroid dienone is 1. The molecule has 0 atom stereocenters. The molecule has 0 fully saturated rings. The van der Waals surface area contributed by atoms with Crippen molar-refractivity contribution in [1.82, 2.24) is 0 Å². The van der Waals surface area contributed by atoms with Crippen LogP contribution in [-0.2, 0) is 18.0 Å². The average Bonchev–Trinajstić information content (AvgIpc) is 2.72. The summed E-state index contributed by atoms with van der Waals surface area (Å²) in [5.41, 5.74) is 2.29. The van der Waals surface area contributed by atoms with Gasteiger partial charge in [-0.3, -0.25) is 4.79 Å². The number of halogens is 1. The Morgan fingerprint density at radius 2 is 1.41 bits per heavy atom. The van der Waals surface area contributed by atoms with Crippen LogP contribution in [0.5, 0.6) is 11.5 Å². The minimum Gasteiger partial charge on any atom is -0.507 e. The molecule has 0 bridgehead atoms. The van der Waals surface area contributed by atoms with Gasteiger partial charge in [0.05, 0.1) is 10.6 Å². The molecule has 0 saturated carbocycles. The number of rotatable bonds is 8. The van der Waals surface area contributed by atoms with Gasteiger partial charge in [0.1, 0.15) is 30.5 Å². The van der Waals surface area contributed by atoms with Crippen LogP contribution in [0.2, 0.25) is 5.02 Å². The van der Waals surface area contributed by atoms with E-state index in [0.717, 1.165) is 17.2 Å². The maximum absolute atomic E-state index is 11.4. The van der Waals surface area contributed by atoms with Crippen molar-refractivity contribution < 1.29 is 19.4 Å². The summed E-state index contributed by atoms with van der Waals surface area (Å²) >= 11 is 6.36. The fraction of sp³-hybridized carbons (Fsp3) is 0.125. The van der Waals surface area contributed by atoms with E-state index < -0.39 is 0 Å². The molecule has 0 aromatic heterocycles. The molecule has 0 amide bonds. The first-order valence-corrected chi connectivity index (χ1v) is 9.49. The van der Waals surface area contributed by atoms with E-state index in [2.05, 4.69) is 0 Å². The number of aliphatic hydroxyl groups is 1. The largest absolute Gasteiger partial charge is 0.507 e. The fourth-order valence-corrected chi connectivity index (χ4v) is 2.92. The smallest absolute Gasteiger partial charge is 0.156 e. The van der Waals surface area contributed by atoms with E-state index >= 15 is 0 Å². The van der Waals surface area contributed by atoms with Crippen molar-refractivity contribution in [3.8, 4) is 11.5 Å². The Morgan fingerprint density at radius 1 is 0.897 bits per heavy atom. The van der Waals surface area contributed by atoms with E-state index in [4.69, 9.17) is 21.1 Å². The van der Waals surface area contributed by atoms with Gasteiger partial charge in [-0.15, -0.1) is 0 Å². The lowest BCUT2D eigenvalue weighted by Gasteiger charge is -2.15. The van der Waals surface area contributed by atoms with E-state index in [1.54, 1.807) is 6.07 Å². The molecule has 0 aliphatic carbocycles. The number of benzene rings is 3. The van der Waals surface area contributed by atoms with Gasteiger partial charge in [-0.25, -0.2) is 0 Å². The monoisotopic (exact) mass is 408 g/mol. The molecule has 0 saturated heterocycles. The molecule has 148 valence electrons. The molecular weight excluding hydrogens is 388 g/mol.